The predicted octanol–water partition coefficient (Wildman–Crippen LogP) is 4.16. The lowest BCUT2D eigenvalue weighted by atomic mass is 9.90. The van der Waals surface area contributed by atoms with Crippen molar-refractivity contribution in [3.05, 3.63) is 28.8 Å². The molecular weight excluding hydrogens is 319 g/mol. The number of rotatable bonds is 5. The molecule has 0 aliphatic heterocycles. The van der Waals surface area contributed by atoms with Crippen LogP contribution in [0.1, 0.15) is 31.2 Å². The summed E-state index contributed by atoms with van der Waals surface area (Å²) in [7, 11) is 1.90. The molecule has 20 heavy (non-hydrogen) atoms. The van der Waals surface area contributed by atoms with Gasteiger partial charge < -0.3 is 4.74 Å². The summed E-state index contributed by atoms with van der Waals surface area (Å²) in [4.78, 5) is 0. The molecule has 1 aromatic rings. The van der Waals surface area contributed by atoms with Gasteiger partial charge in [0.2, 0.25) is 9.05 Å². The Hall–Kier alpha value is -0.450. The van der Waals surface area contributed by atoms with Crippen LogP contribution in [0, 0.1) is 12.3 Å². The average Bonchev–Trinajstić information content (AvgIpc) is 2.77. The molecule has 0 aromatic heterocycles. The number of hydrogen-bond acceptors (Lipinski definition) is 3. The van der Waals surface area contributed by atoms with Gasteiger partial charge in [-0.25, -0.2) is 8.42 Å². The van der Waals surface area contributed by atoms with Gasteiger partial charge in [-0.1, -0.05) is 30.5 Å². The second-order valence-electron chi connectivity index (χ2n) is 5.61. The zero-order valence-corrected chi connectivity index (χ0v) is 13.7. The summed E-state index contributed by atoms with van der Waals surface area (Å²) in [5.41, 5.74) is 0.669. The van der Waals surface area contributed by atoms with Gasteiger partial charge >= 0.3 is 0 Å². The van der Waals surface area contributed by atoms with Crippen molar-refractivity contribution in [1.82, 2.24) is 0 Å². The zero-order valence-electron chi connectivity index (χ0n) is 11.4. The molecule has 1 aliphatic rings. The van der Waals surface area contributed by atoms with E-state index in [9.17, 15) is 8.42 Å². The van der Waals surface area contributed by atoms with Gasteiger partial charge in [-0.05, 0) is 37.5 Å². The molecule has 1 aliphatic carbocycles. The van der Waals surface area contributed by atoms with Crippen molar-refractivity contribution in [2.45, 2.75) is 32.6 Å². The SMILES string of the molecule is Cc1ccc(Cl)c(OCC2(CS(=O)(=O)Cl)CCCC2)c1. The van der Waals surface area contributed by atoms with Crippen LogP contribution in [0.4, 0.5) is 0 Å². The van der Waals surface area contributed by atoms with Gasteiger partial charge in [-0.15, -0.1) is 0 Å². The van der Waals surface area contributed by atoms with Gasteiger partial charge in [-0.2, -0.15) is 0 Å². The van der Waals surface area contributed by atoms with Crippen LogP contribution in [0.15, 0.2) is 18.2 Å². The van der Waals surface area contributed by atoms with Gasteiger partial charge in [0.25, 0.3) is 0 Å². The van der Waals surface area contributed by atoms with Gasteiger partial charge in [-0.3, -0.25) is 0 Å². The van der Waals surface area contributed by atoms with Crippen LogP contribution in [-0.2, 0) is 9.05 Å². The Balaban J connectivity index is 2.11. The Morgan fingerprint density at radius 3 is 2.55 bits per heavy atom. The van der Waals surface area contributed by atoms with E-state index in [4.69, 9.17) is 27.0 Å². The smallest absolute Gasteiger partial charge is 0.233 e. The number of ether oxygens (including phenoxy) is 1. The Morgan fingerprint density at radius 2 is 1.95 bits per heavy atom. The van der Waals surface area contributed by atoms with E-state index >= 15 is 0 Å². The summed E-state index contributed by atoms with van der Waals surface area (Å²) < 4.78 is 28.6. The molecule has 0 spiro atoms. The molecule has 6 heteroatoms. The third kappa shape index (κ3) is 4.27. The van der Waals surface area contributed by atoms with Crippen LogP contribution in [0.2, 0.25) is 5.02 Å². The molecule has 3 nitrogen and oxygen atoms in total. The number of benzene rings is 1. The van der Waals surface area contributed by atoms with E-state index in [-0.39, 0.29) is 11.2 Å². The fourth-order valence-corrected chi connectivity index (χ4v) is 4.74. The lowest BCUT2D eigenvalue weighted by Gasteiger charge is -2.27. The highest BCUT2D eigenvalue weighted by Crippen LogP contribution is 2.41. The van der Waals surface area contributed by atoms with Crippen molar-refractivity contribution < 1.29 is 13.2 Å². The Bertz CT molecular complexity index is 578. The molecule has 0 N–H and O–H groups in total. The third-order valence-electron chi connectivity index (χ3n) is 3.76. The van der Waals surface area contributed by atoms with E-state index < -0.39 is 9.05 Å². The van der Waals surface area contributed by atoms with Crippen LogP contribution in [-0.4, -0.2) is 20.8 Å². The van der Waals surface area contributed by atoms with Gasteiger partial charge in [0.15, 0.2) is 0 Å². The van der Waals surface area contributed by atoms with Gasteiger partial charge in [0.05, 0.1) is 17.4 Å². The fraction of sp³-hybridized carbons (Fsp3) is 0.571. The highest BCUT2D eigenvalue weighted by atomic mass is 35.7. The summed E-state index contributed by atoms with van der Waals surface area (Å²) in [6.07, 6.45) is 3.67. The maximum absolute atomic E-state index is 11.4. The number of halogens is 2. The molecule has 0 bridgehead atoms. The lowest BCUT2D eigenvalue weighted by molar-refractivity contribution is 0.171. The van der Waals surface area contributed by atoms with Crippen LogP contribution in [0.25, 0.3) is 0 Å². The maximum Gasteiger partial charge on any atom is 0.233 e. The largest absolute Gasteiger partial charge is 0.491 e. The van der Waals surface area contributed by atoms with Crippen molar-refractivity contribution in [1.29, 1.82) is 0 Å². The molecule has 1 saturated carbocycles. The molecule has 0 heterocycles. The first-order valence-corrected chi connectivity index (χ1v) is 9.47. The Labute approximate surface area is 129 Å². The number of hydrogen-bond donors (Lipinski definition) is 0. The summed E-state index contributed by atoms with van der Waals surface area (Å²) in [5.74, 6) is 0.565. The van der Waals surface area contributed by atoms with Crippen molar-refractivity contribution >= 4 is 31.3 Å². The van der Waals surface area contributed by atoms with Crippen LogP contribution in [0.3, 0.4) is 0 Å². The topological polar surface area (TPSA) is 43.4 Å². The molecular formula is C14H18Cl2O3S. The van der Waals surface area contributed by atoms with E-state index in [1.807, 2.05) is 19.1 Å². The summed E-state index contributed by atoms with van der Waals surface area (Å²) >= 11 is 6.09. The second kappa shape index (κ2) is 6.12. The minimum atomic E-state index is -3.53. The number of aryl methyl sites for hydroxylation is 1. The van der Waals surface area contributed by atoms with E-state index in [1.54, 1.807) is 6.07 Å². The summed E-state index contributed by atoms with van der Waals surface area (Å²) in [6, 6.07) is 5.55. The first-order valence-electron chi connectivity index (χ1n) is 6.61. The van der Waals surface area contributed by atoms with Crippen LogP contribution in [0.5, 0.6) is 5.75 Å². The highest BCUT2D eigenvalue weighted by Gasteiger charge is 2.38. The quantitative estimate of drug-likeness (QED) is 0.758. The van der Waals surface area contributed by atoms with Crippen molar-refractivity contribution in [3.8, 4) is 5.75 Å². The molecule has 0 saturated heterocycles. The fourth-order valence-electron chi connectivity index (χ4n) is 2.77. The predicted molar refractivity (Wildman–Crippen MR) is 82.2 cm³/mol. The molecule has 0 radical (unpaired) electrons. The second-order valence-corrected chi connectivity index (χ2v) is 8.80. The molecule has 0 atom stereocenters. The zero-order chi connectivity index (χ0) is 14.8. The van der Waals surface area contributed by atoms with Crippen molar-refractivity contribution in [2.24, 2.45) is 5.41 Å². The van der Waals surface area contributed by atoms with Crippen LogP contribution >= 0.6 is 22.3 Å². The van der Waals surface area contributed by atoms with Crippen LogP contribution < -0.4 is 4.74 Å². The van der Waals surface area contributed by atoms with Gasteiger partial charge in [0, 0.05) is 16.1 Å². The van der Waals surface area contributed by atoms with Gasteiger partial charge in [0.1, 0.15) is 5.75 Å². The average molecular weight is 337 g/mol. The minimum Gasteiger partial charge on any atom is -0.491 e. The molecule has 1 fully saturated rings. The molecule has 1 aromatic carbocycles. The molecule has 0 unspecified atom stereocenters. The summed E-state index contributed by atoms with van der Waals surface area (Å²) in [6.45, 7) is 2.29. The standard InChI is InChI=1S/C14H18Cl2O3S/c1-11-4-5-12(15)13(8-11)19-9-14(6-2-3-7-14)10-20(16,17)18/h4-5,8H,2-3,6-7,9-10H2,1H3. The first-order chi connectivity index (χ1) is 9.30. The van der Waals surface area contributed by atoms with E-state index in [2.05, 4.69) is 0 Å². The Morgan fingerprint density at radius 1 is 1.30 bits per heavy atom. The van der Waals surface area contributed by atoms with E-state index in [0.717, 1.165) is 31.2 Å². The summed E-state index contributed by atoms with van der Waals surface area (Å²) in [5, 5.41) is 0.539. The molecule has 2 rings (SSSR count). The maximum atomic E-state index is 11.4. The monoisotopic (exact) mass is 336 g/mol. The van der Waals surface area contributed by atoms with Crippen molar-refractivity contribution in [3.63, 3.8) is 0 Å². The lowest BCUT2D eigenvalue weighted by Crippen LogP contribution is -2.32. The Kier molecular flexibility index (Phi) is 4.88. The van der Waals surface area contributed by atoms with E-state index in [1.165, 1.54) is 0 Å². The normalized spacial score (nSPS) is 18.1. The highest BCUT2D eigenvalue weighted by molar-refractivity contribution is 8.13. The minimum absolute atomic E-state index is 0.0367. The van der Waals surface area contributed by atoms with E-state index in [0.29, 0.717) is 17.4 Å². The molecule has 112 valence electrons. The molecule has 0 amide bonds. The van der Waals surface area contributed by atoms with Crippen molar-refractivity contribution in [2.75, 3.05) is 12.4 Å². The first kappa shape index (κ1) is 15.9. The third-order valence-corrected chi connectivity index (χ3v) is 5.36.